The molecule has 140 valence electrons. The van der Waals surface area contributed by atoms with Crippen molar-refractivity contribution in [1.29, 1.82) is 0 Å². The first-order valence-electron chi connectivity index (χ1n) is 8.97. The summed E-state index contributed by atoms with van der Waals surface area (Å²) >= 11 is 0. The molecule has 1 heterocycles. The normalized spacial score (nSPS) is 16.6. The second-order valence-electron chi connectivity index (χ2n) is 7.41. The zero-order chi connectivity index (χ0) is 19.6. The molecule has 1 N–H and O–H groups in total. The fraction of sp³-hybridized carbons (Fsp3) is 0.273. The first-order valence-corrected chi connectivity index (χ1v) is 8.97. The summed E-state index contributed by atoms with van der Waals surface area (Å²) in [4.78, 5) is 16.4. The third-order valence-corrected chi connectivity index (χ3v) is 5.06. The smallest absolute Gasteiger partial charge is 0.271 e. The molecule has 0 radical (unpaired) electrons. The summed E-state index contributed by atoms with van der Waals surface area (Å²) in [7, 11) is 5.98. The number of carbonyl (C=O) groups excluding carboxylic acids is 1. The van der Waals surface area contributed by atoms with Crippen LogP contribution in [0.3, 0.4) is 0 Å². The highest BCUT2D eigenvalue weighted by molar-refractivity contribution is 5.95. The number of likely N-dealkylation sites (N-methyl/N-ethyl adjacent to an activating group) is 1. The molecule has 5 nitrogen and oxygen atoms in total. The Morgan fingerprint density at radius 3 is 2.41 bits per heavy atom. The number of hydrazone groups is 1. The number of nitrogens with one attached hydrogen (secondary N) is 1. The molecule has 1 aliphatic heterocycles. The van der Waals surface area contributed by atoms with Crippen LogP contribution in [-0.4, -0.2) is 33.3 Å². The van der Waals surface area contributed by atoms with Gasteiger partial charge >= 0.3 is 0 Å². The van der Waals surface area contributed by atoms with Gasteiger partial charge in [-0.15, -0.1) is 0 Å². The second kappa shape index (κ2) is 7.27. The predicted octanol–water partition coefficient (Wildman–Crippen LogP) is 3.78. The van der Waals surface area contributed by atoms with Crippen molar-refractivity contribution < 1.29 is 4.79 Å². The van der Waals surface area contributed by atoms with Crippen LogP contribution in [0, 0.1) is 0 Å². The Hall–Kier alpha value is -3.08. The van der Waals surface area contributed by atoms with Gasteiger partial charge in [-0.2, -0.15) is 5.10 Å². The summed E-state index contributed by atoms with van der Waals surface area (Å²) < 4.78 is 0. The Kier molecular flexibility index (Phi) is 5.04. The lowest BCUT2D eigenvalue weighted by molar-refractivity contribution is 0.0955. The molecular formula is C22H26N4O. The number of rotatable bonds is 4. The van der Waals surface area contributed by atoms with Crippen molar-refractivity contribution in [2.75, 3.05) is 30.9 Å². The Labute approximate surface area is 161 Å². The number of anilines is 2. The minimum Gasteiger partial charge on any atom is -0.378 e. The maximum atomic E-state index is 12.2. The van der Waals surface area contributed by atoms with Crippen LogP contribution in [0.5, 0.6) is 0 Å². The lowest BCUT2D eigenvalue weighted by atomic mass is 9.84. The third kappa shape index (κ3) is 3.58. The lowest BCUT2D eigenvalue weighted by Gasteiger charge is -2.23. The number of hydrogen-bond acceptors (Lipinski definition) is 4. The standard InChI is InChI=1S/C22H26N4O/c1-22(2)18-8-6-7-9-19(18)26(5)20(22)14-15-23-24-21(27)16-10-12-17(13-11-16)25(3)4/h6-15H,1-5H3,(H,24,27)/b20-14-,23-15+. The zero-order valence-corrected chi connectivity index (χ0v) is 16.5. The van der Waals surface area contributed by atoms with Gasteiger partial charge < -0.3 is 9.80 Å². The molecule has 2 aromatic carbocycles. The van der Waals surface area contributed by atoms with E-state index in [4.69, 9.17) is 0 Å². The van der Waals surface area contributed by atoms with Gasteiger partial charge in [-0.1, -0.05) is 32.0 Å². The molecule has 0 atom stereocenters. The van der Waals surface area contributed by atoms with Crippen molar-refractivity contribution in [3.05, 3.63) is 71.4 Å². The Bertz CT molecular complexity index is 895. The van der Waals surface area contributed by atoms with Gasteiger partial charge in [0.1, 0.15) is 0 Å². The summed E-state index contributed by atoms with van der Waals surface area (Å²) in [6.07, 6.45) is 3.60. The number of fused-ring (bicyclic) bond motifs is 1. The van der Waals surface area contributed by atoms with Crippen molar-refractivity contribution in [2.24, 2.45) is 5.10 Å². The first-order chi connectivity index (χ1) is 12.8. The van der Waals surface area contributed by atoms with E-state index >= 15 is 0 Å². The molecule has 0 spiro atoms. The minimum absolute atomic E-state index is 0.108. The van der Waals surface area contributed by atoms with Gasteiger partial charge in [-0.3, -0.25) is 4.79 Å². The number of nitrogens with zero attached hydrogens (tertiary/aromatic N) is 3. The molecule has 5 heteroatoms. The molecule has 1 aliphatic rings. The summed E-state index contributed by atoms with van der Waals surface area (Å²) in [6.45, 7) is 4.39. The molecule has 3 rings (SSSR count). The summed E-state index contributed by atoms with van der Waals surface area (Å²) in [5.74, 6) is -0.225. The van der Waals surface area contributed by atoms with Crippen LogP contribution < -0.4 is 15.2 Å². The van der Waals surface area contributed by atoms with Gasteiger partial charge in [0.2, 0.25) is 0 Å². The SMILES string of the molecule is CN(C)c1ccc(C(=O)N/N=C/C=C2\N(C)c3ccccc3C2(C)C)cc1. The van der Waals surface area contributed by atoms with E-state index in [-0.39, 0.29) is 11.3 Å². The van der Waals surface area contributed by atoms with Crippen LogP contribution in [0.2, 0.25) is 0 Å². The van der Waals surface area contributed by atoms with Crippen molar-refractivity contribution >= 4 is 23.5 Å². The maximum Gasteiger partial charge on any atom is 0.271 e. The van der Waals surface area contributed by atoms with Crippen LogP contribution in [0.4, 0.5) is 11.4 Å². The molecule has 0 saturated heterocycles. The maximum absolute atomic E-state index is 12.2. The van der Waals surface area contributed by atoms with Crippen molar-refractivity contribution in [2.45, 2.75) is 19.3 Å². The van der Waals surface area contributed by atoms with E-state index in [0.29, 0.717) is 5.56 Å². The van der Waals surface area contributed by atoms with E-state index in [1.807, 2.05) is 43.3 Å². The minimum atomic E-state index is -0.225. The van der Waals surface area contributed by atoms with E-state index in [0.717, 1.165) is 11.4 Å². The first kappa shape index (κ1) is 18.7. The highest BCUT2D eigenvalue weighted by Crippen LogP contribution is 2.46. The molecule has 0 fully saturated rings. The van der Waals surface area contributed by atoms with Gasteiger partial charge in [0.25, 0.3) is 5.91 Å². The van der Waals surface area contributed by atoms with E-state index < -0.39 is 0 Å². The van der Waals surface area contributed by atoms with Gasteiger partial charge in [0.15, 0.2) is 0 Å². The average Bonchev–Trinajstić information content (AvgIpc) is 2.85. The molecule has 0 aliphatic carbocycles. The molecule has 2 aromatic rings. The fourth-order valence-corrected chi connectivity index (χ4v) is 3.48. The molecule has 0 aromatic heterocycles. The third-order valence-electron chi connectivity index (χ3n) is 5.06. The Morgan fingerprint density at radius 1 is 1.11 bits per heavy atom. The van der Waals surface area contributed by atoms with Crippen molar-refractivity contribution in [3.63, 3.8) is 0 Å². The quantitative estimate of drug-likeness (QED) is 0.665. The number of hydrogen-bond donors (Lipinski definition) is 1. The van der Waals surface area contributed by atoms with Crippen molar-refractivity contribution in [3.8, 4) is 0 Å². The summed E-state index contributed by atoms with van der Waals surface area (Å²) in [6, 6.07) is 15.8. The summed E-state index contributed by atoms with van der Waals surface area (Å²) in [5, 5.41) is 4.09. The van der Waals surface area contributed by atoms with Gasteiger partial charge in [-0.25, -0.2) is 5.43 Å². The Morgan fingerprint density at radius 2 is 1.78 bits per heavy atom. The predicted molar refractivity (Wildman–Crippen MR) is 113 cm³/mol. The van der Waals surface area contributed by atoms with E-state index in [1.165, 1.54) is 11.3 Å². The zero-order valence-electron chi connectivity index (χ0n) is 16.5. The number of benzene rings is 2. The number of allylic oxidation sites excluding steroid dienone is 2. The monoisotopic (exact) mass is 362 g/mol. The molecule has 0 unspecified atom stereocenters. The molecule has 0 saturated carbocycles. The van der Waals surface area contributed by atoms with Crippen LogP contribution >= 0.6 is 0 Å². The highest BCUT2D eigenvalue weighted by Gasteiger charge is 2.37. The second-order valence-corrected chi connectivity index (χ2v) is 7.41. The topological polar surface area (TPSA) is 47.9 Å². The molecular weight excluding hydrogens is 336 g/mol. The molecule has 27 heavy (non-hydrogen) atoms. The fourth-order valence-electron chi connectivity index (χ4n) is 3.48. The van der Waals surface area contributed by atoms with E-state index in [2.05, 4.69) is 54.5 Å². The van der Waals surface area contributed by atoms with Crippen LogP contribution in [-0.2, 0) is 5.41 Å². The largest absolute Gasteiger partial charge is 0.378 e. The molecule has 0 bridgehead atoms. The average molecular weight is 362 g/mol. The molecule has 1 amide bonds. The van der Waals surface area contributed by atoms with Gasteiger partial charge in [0.05, 0.1) is 0 Å². The van der Waals surface area contributed by atoms with Gasteiger partial charge in [0, 0.05) is 55.4 Å². The van der Waals surface area contributed by atoms with Gasteiger partial charge in [-0.05, 0) is 42.0 Å². The van der Waals surface area contributed by atoms with Crippen molar-refractivity contribution in [1.82, 2.24) is 5.43 Å². The number of carbonyl (C=O) groups is 1. The number of para-hydroxylation sites is 1. The highest BCUT2D eigenvalue weighted by atomic mass is 16.2. The van der Waals surface area contributed by atoms with E-state index in [9.17, 15) is 4.79 Å². The van der Waals surface area contributed by atoms with E-state index in [1.54, 1.807) is 18.3 Å². The van der Waals surface area contributed by atoms with Crippen LogP contribution in [0.25, 0.3) is 0 Å². The lowest BCUT2D eigenvalue weighted by Crippen LogP contribution is -2.23. The van der Waals surface area contributed by atoms with Crippen LogP contribution in [0.1, 0.15) is 29.8 Å². The number of amides is 1. The Balaban J connectivity index is 1.69. The van der Waals surface area contributed by atoms with Crippen LogP contribution in [0.15, 0.2) is 65.4 Å². The summed E-state index contributed by atoms with van der Waals surface area (Å²) in [5.41, 5.74) is 7.73.